The molecule has 3 nitrogen and oxygen atoms in total. The van der Waals surface area contributed by atoms with Gasteiger partial charge in [-0.2, -0.15) is 0 Å². The lowest BCUT2D eigenvalue weighted by molar-refractivity contribution is 0.125. The third-order valence-corrected chi connectivity index (χ3v) is 4.73. The minimum Gasteiger partial charge on any atom is -0.504 e. The molecule has 2 N–H and O–H groups in total. The van der Waals surface area contributed by atoms with Gasteiger partial charge in [0.15, 0.2) is 11.5 Å². The van der Waals surface area contributed by atoms with E-state index in [2.05, 4.69) is 6.92 Å². The minimum atomic E-state index is -0.0116. The van der Waals surface area contributed by atoms with Gasteiger partial charge in [-0.3, -0.25) is 0 Å². The molecule has 0 aliphatic rings. The summed E-state index contributed by atoms with van der Waals surface area (Å²) < 4.78 is 5.66. The molecule has 0 saturated carbocycles. The number of hydrogen-bond donors (Lipinski definition) is 2. The van der Waals surface area contributed by atoms with Crippen molar-refractivity contribution in [2.45, 2.75) is 90.4 Å². The van der Waals surface area contributed by atoms with Crippen molar-refractivity contribution in [1.82, 2.24) is 0 Å². The average Bonchev–Trinajstić information content (AvgIpc) is 2.61. The van der Waals surface area contributed by atoms with Gasteiger partial charge < -0.3 is 14.9 Å². The Morgan fingerprint density at radius 2 is 1.28 bits per heavy atom. The SMILES string of the molecule is CCCCCCOCCCCCCCCCCc1cccc(O)c1O. The van der Waals surface area contributed by atoms with Crippen LogP contribution in [0.1, 0.15) is 89.5 Å². The van der Waals surface area contributed by atoms with Crippen molar-refractivity contribution in [3.05, 3.63) is 23.8 Å². The van der Waals surface area contributed by atoms with Crippen molar-refractivity contribution in [1.29, 1.82) is 0 Å². The largest absolute Gasteiger partial charge is 0.504 e. The van der Waals surface area contributed by atoms with Crippen LogP contribution in [0.15, 0.2) is 18.2 Å². The molecule has 0 aliphatic carbocycles. The van der Waals surface area contributed by atoms with Crippen LogP contribution in [-0.2, 0) is 11.2 Å². The van der Waals surface area contributed by atoms with E-state index in [-0.39, 0.29) is 11.5 Å². The molecule has 1 aromatic carbocycles. The Labute approximate surface area is 154 Å². The van der Waals surface area contributed by atoms with Crippen LogP contribution >= 0.6 is 0 Å². The molecule has 0 saturated heterocycles. The Morgan fingerprint density at radius 1 is 0.720 bits per heavy atom. The maximum Gasteiger partial charge on any atom is 0.160 e. The number of rotatable bonds is 16. The summed E-state index contributed by atoms with van der Waals surface area (Å²) in [7, 11) is 0. The number of aryl methyl sites for hydroxylation is 1. The van der Waals surface area contributed by atoms with E-state index in [1.807, 2.05) is 6.07 Å². The van der Waals surface area contributed by atoms with Crippen LogP contribution in [0.5, 0.6) is 11.5 Å². The fourth-order valence-corrected chi connectivity index (χ4v) is 3.09. The van der Waals surface area contributed by atoms with E-state index in [1.54, 1.807) is 6.07 Å². The Balaban J connectivity index is 1.82. The fourth-order valence-electron chi connectivity index (χ4n) is 3.09. The number of para-hydroxylation sites is 1. The van der Waals surface area contributed by atoms with E-state index in [4.69, 9.17) is 4.74 Å². The summed E-state index contributed by atoms with van der Waals surface area (Å²) >= 11 is 0. The Hall–Kier alpha value is -1.22. The molecule has 144 valence electrons. The molecule has 1 aromatic rings. The van der Waals surface area contributed by atoms with Gasteiger partial charge >= 0.3 is 0 Å². The van der Waals surface area contributed by atoms with Crippen LogP contribution in [0.4, 0.5) is 0 Å². The van der Waals surface area contributed by atoms with Crippen molar-refractivity contribution in [2.24, 2.45) is 0 Å². The predicted molar refractivity (Wildman–Crippen MR) is 105 cm³/mol. The number of aromatic hydroxyl groups is 2. The van der Waals surface area contributed by atoms with Crippen molar-refractivity contribution in [3.63, 3.8) is 0 Å². The second-order valence-electron chi connectivity index (χ2n) is 7.04. The summed E-state index contributed by atoms with van der Waals surface area (Å²) in [5.41, 5.74) is 0.856. The van der Waals surface area contributed by atoms with E-state index in [9.17, 15) is 10.2 Å². The van der Waals surface area contributed by atoms with Gasteiger partial charge in [-0.05, 0) is 37.3 Å². The van der Waals surface area contributed by atoms with Crippen LogP contribution < -0.4 is 0 Å². The molecule has 0 heterocycles. The standard InChI is InChI=1S/C22H38O3/c1-2-3-4-12-18-25-19-13-10-8-6-5-7-9-11-15-20-16-14-17-21(23)22(20)24/h14,16-17,23-24H,2-13,15,18-19H2,1H3. The number of phenolic OH excluding ortho intramolecular Hbond substituents is 2. The fraction of sp³-hybridized carbons (Fsp3) is 0.727. The van der Waals surface area contributed by atoms with Crippen molar-refractivity contribution >= 4 is 0 Å². The summed E-state index contributed by atoms with van der Waals surface area (Å²) in [5.74, 6) is 0.0394. The van der Waals surface area contributed by atoms with Gasteiger partial charge in [-0.15, -0.1) is 0 Å². The van der Waals surface area contributed by atoms with E-state index in [0.717, 1.165) is 31.6 Å². The molecule has 0 aromatic heterocycles. The second kappa shape index (κ2) is 15.1. The molecule has 0 bridgehead atoms. The third kappa shape index (κ3) is 11.1. The quantitative estimate of drug-likeness (QED) is 0.269. The number of benzene rings is 1. The summed E-state index contributed by atoms with van der Waals surface area (Å²) in [6, 6.07) is 5.20. The monoisotopic (exact) mass is 350 g/mol. The lowest BCUT2D eigenvalue weighted by atomic mass is 10.0. The zero-order valence-electron chi connectivity index (χ0n) is 16.1. The molecule has 0 radical (unpaired) electrons. The number of hydrogen-bond acceptors (Lipinski definition) is 3. The molecular weight excluding hydrogens is 312 g/mol. The molecule has 0 aliphatic heterocycles. The van der Waals surface area contributed by atoms with Gasteiger partial charge in [-0.1, -0.05) is 76.8 Å². The minimum absolute atomic E-state index is 0.0116. The van der Waals surface area contributed by atoms with E-state index in [1.165, 1.54) is 76.7 Å². The first-order valence-corrected chi connectivity index (χ1v) is 10.3. The van der Waals surface area contributed by atoms with Gasteiger partial charge in [0.1, 0.15) is 0 Å². The zero-order chi connectivity index (χ0) is 18.2. The molecule has 3 heteroatoms. The van der Waals surface area contributed by atoms with Crippen LogP contribution in [0.2, 0.25) is 0 Å². The van der Waals surface area contributed by atoms with E-state index < -0.39 is 0 Å². The molecule has 0 amide bonds. The molecular formula is C22H38O3. The highest BCUT2D eigenvalue weighted by atomic mass is 16.5. The van der Waals surface area contributed by atoms with Gasteiger partial charge in [0.2, 0.25) is 0 Å². The van der Waals surface area contributed by atoms with Crippen molar-refractivity contribution in [2.75, 3.05) is 13.2 Å². The Morgan fingerprint density at radius 3 is 1.92 bits per heavy atom. The number of ether oxygens (including phenoxy) is 1. The zero-order valence-corrected chi connectivity index (χ0v) is 16.1. The summed E-state index contributed by atoms with van der Waals surface area (Å²) in [6.07, 6.45) is 15.9. The van der Waals surface area contributed by atoms with E-state index in [0.29, 0.717) is 0 Å². The molecule has 1 rings (SSSR count). The average molecular weight is 351 g/mol. The van der Waals surface area contributed by atoms with Crippen LogP contribution in [0.3, 0.4) is 0 Å². The summed E-state index contributed by atoms with van der Waals surface area (Å²) in [4.78, 5) is 0. The molecule has 0 fully saturated rings. The van der Waals surface area contributed by atoms with Crippen LogP contribution in [-0.4, -0.2) is 23.4 Å². The van der Waals surface area contributed by atoms with Gasteiger partial charge in [0.25, 0.3) is 0 Å². The summed E-state index contributed by atoms with van der Waals surface area (Å²) in [6.45, 7) is 4.11. The Bertz CT molecular complexity index is 431. The maximum atomic E-state index is 9.75. The number of unbranched alkanes of at least 4 members (excludes halogenated alkanes) is 10. The molecule has 0 spiro atoms. The van der Waals surface area contributed by atoms with Crippen LogP contribution in [0, 0.1) is 0 Å². The first-order valence-electron chi connectivity index (χ1n) is 10.3. The van der Waals surface area contributed by atoms with Gasteiger partial charge in [0, 0.05) is 13.2 Å². The third-order valence-electron chi connectivity index (χ3n) is 4.73. The predicted octanol–water partition coefficient (Wildman–Crippen LogP) is 6.36. The number of phenols is 2. The van der Waals surface area contributed by atoms with E-state index >= 15 is 0 Å². The molecule has 0 unspecified atom stereocenters. The summed E-state index contributed by atoms with van der Waals surface area (Å²) in [5, 5.41) is 19.2. The smallest absolute Gasteiger partial charge is 0.160 e. The topological polar surface area (TPSA) is 49.7 Å². The highest BCUT2D eigenvalue weighted by molar-refractivity contribution is 5.44. The van der Waals surface area contributed by atoms with Crippen molar-refractivity contribution in [3.8, 4) is 11.5 Å². The lowest BCUT2D eigenvalue weighted by Gasteiger charge is -2.06. The highest BCUT2D eigenvalue weighted by Gasteiger charge is 2.04. The lowest BCUT2D eigenvalue weighted by Crippen LogP contribution is -1.97. The van der Waals surface area contributed by atoms with Crippen LogP contribution in [0.25, 0.3) is 0 Å². The first-order chi connectivity index (χ1) is 12.3. The first kappa shape index (κ1) is 21.8. The maximum absolute atomic E-state index is 9.75. The molecule has 25 heavy (non-hydrogen) atoms. The highest BCUT2D eigenvalue weighted by Crippen LogP contribution is 2.29. The second-order valence-corrected chi connectivity index (χ2v) is 7.04. The normalized spacial score (nSPS) is 11.1. The van der Waals surface area contributed by atoms with Crippen molar-refractivity contribution < 1.29 is 14.9 Å². The Kier molecular flexibility index (Phi) is 13.2. The molecule has 0 atom stereocenters. The van der Waals surface area contributed by atoms with Gasteiger partial charge in [-0.25, -0.2) is 0 Å². The van der Waals surface area contributed by atoms with Gasteiger partial charge in [0.05, 0.1) is 0 Å².